The maximum Gasteiger partial charge on any atom is 0.332 e. The fraction of sp³-hybridized carbons (Fsp3) is 0.450. The summed E-state index contributed by atoms with van der Waals surface area (Å²) in [6.07, 6.45) is 0. The summed E-state index contributed by atoms with van der Waals surface area (Å²) >= 11 is 0. The van der Waals surface area contributed by atoms with Crippen LogP contribution in [0.3, 0.4) is 0 Å². The molecule has 1 aliphatic rings. The first kappa shape index (κ1) is 20.0. The lowest BCUT2D eigenvalue weighted by molar-refractivity contribution is 0.248. The quantitative estimate of drug-likeness (QED) is 0.641. The Bertz CT molecular complexity index is 1190. The molecular formula is C20H26N6O4. The lowest BCUT2D eigenvalue weighted by Crippen LogP contribution is -2.46. The number of benzene rings is 1. The molecule has 1 fully saturated rings. The van der Waals surface area contributed by atoms with Gasteiger partial charge in [-0.3, -0.25) is 18.8 Å². The SMILES string of the molecule is COc1ccc(CN2CCN(c3nc4c([nH]3)c(=O)n(C)c(=O)n4C)CC2)cc1OC. The Morgan fingerprint density at radius 1 is 1.00 bits per heavy atom. The number of fused-ring (bicyclic) bond motifs is 1. The third kappa shape index (κ3) is 3.43. The van der Waals surface area contributed by atoms with Crippen LogP contribution in [0.1, 0.15) is 5.56 Å². The second kappa shape index (κ2) is 7.86. The van der Waals surface area contributed by atoms with Gasteiger partial charge < -0.3 is 19.4 Å². The minimum absolute atomic E-state index is 0.349. The molecule has 0 spiro atoms. The monoisotopic (exact) mass is 414 g/mol. The average Bonchev–Trinajstić information content (AvgIpc) is 3.22. The third-order valence-electron chi connectivity index (χ3n) is 5.61. The summed E-state index contributed by atoms with van der Waals surface area (Å²) in [6.45, 7) is 4.04. The first-order valence-corrected chi connectivity index (χ1v) is 9.77. The van der Waals surface area contributed by atoms with Gasteiger partial charge in [0, 0.05) is 46.8 Å². The minimum atomic E-state index is -0.384. The number of hydrogen-bond acceptors (Lipinski definition) is 7. The van der Waals surface area contributed by atoms with E-state index in [2.05, 4.69) is 19.8 Å². The van der Waals surface area contributed by atoms with Crippen molar-refractivity contribution >= 4 is 17.1 Å². The Morgan fingerprint density at radius 2 is 1.70 bits per heavy atom. The summed E-state index contributed by atoms with van der Waals surface area (Å²) in [6, 6.07) is 5.97. The van der Waals surface area contributed by atoms with Crippen molar-refractivity contribution in [1.29, 1.82) is 0 Å². The van der Waals surface area contributed by atoms with Crippen molar-refractivity contribution in [3.05, 3.63) is 44.6 Å². The minimum Gasteiger partial charge on any atom is -0.493 e. The Kier molecular flexibility index (Phi) is 5.25. The smallest absolute Gasteiger partial charge is 0.332 e. The fourth-order valence-corrected chi connectivity index (χ4v) is 3.82. The Labute approximate surface area is 173 Å². The van der Waals surface area contributed by atoms with E-state index < -0.39 is 0 Å². The van der Waals surface area contributed by atoms with Gasteiger partial charge in [0.2, 0.25) is 5.95 Å². The van der Waals surface area contributed by atoms with Gasteiger partial charge in [-0.2, -0.15) is 4.98 Å². The van der Waals surface area contributed by atoms with E-state index in [1.54, 1.807) is 21.3 Å². The van der Waals surface area contributed by atoms with E-state index in [1.165, 1.54) is 11.6 Å². The molecule has 0 atom stereocenters. The van der Waals surface area contributed by atoms with Gasteiger partial charge in [-0.1, -0.05) is 6.07 Å². The van der Waals surface area contributed by atoms with E-state index in [4.69, 9.17) is 9.47 Å². The Hall–Kier alpha value is -3.27. The van der Waals surface area contributed by atoms with E-state index in [1.807, 2.05) is 18.2 Å². The van der Waals surface area contributed by atoms with Gasteiger partial charge in [-0.15, -0.1) is 0 Å². The van der Waals surface area contributed by atoms with E-state index in [0.29, 0.717) is 17.1 Å². The van der Waals surface area contributed by atoms with Crippen LogP contribution in [0, 0.1) is 0 Å². The maximum atomic E-state index is 12.4. The van der Waals surface area contributed by atoms with Gasteiger partial charge in [0.15, 0.2) is 22.7 Å². The van der Waals surface area contributed by atoms with Crippen LogP contribution in [0.2, 0.25) is 0 Å². The van der Waals surface area contributed by atoms with Gasteiger partial charge in [-0.25, -0.2) is 4.79 Å². The molecule has 1 N–H and O–H groups in total. The van der Waals surface area contributed by atoms with Crippen molar-refractivity contribution in [3.8, 4) is 11.5 Å². The highest BCUT2D eigenvalue weighted by atomic mass is 16.5. The van der Waals surface area contributed by atoms with Crippen LogP contribution in [-0.4, -0.2) is 64.4 Å². The number of anilines is 1. The molecule has 10 heteroatoms. The van der Waals surface area contributed by atoms with E-state index in [0.717, 1.165) is 54.4 Å². The molecule has 10 nitrogen and oxygen atoms in total. The standard InChI is InChI=1S/C20H26N6O4/c1-23-17-16(18(27)24(2)20(23)28)21-19(22-17)26-9-7-25(8-10-26)12-13-5-6-14(29-3)15(11-13)30-4/h5-6,11H,7-10,12H2,1-4H3,(H,21,22). The van der Waals surface area contributed by atoms with Crippen molar-refractivity contribution in [3.63, 3.8) is 0 Å². The van der Waals surface area contributed by atoms with Crippen LogP contribution in [0.4, 0.5) is 5.95 Å². The third-order valence-corrected chi connectivity index (χ3v) is 5.61. The average molecular weight is 414 g/mol. The summed E-state index contributed by atoms with van der Waals surface area (Å²) in [5, 5.41) is 0. The Balaban J connectivity index is 1.47. The highest BCUT2D eigenvalue weighted by molar-refractivity contribution is 5.73. The first-order valence-electron chi connectivity index (χ1n) is 9.77. The predicted molar refractivity (Wildman–Crippen MR) is 114 cm³/mol. The molecule has 1 aromatic carbocycles. The highest BCUT2D eigenvalue weighted by Crippen LogP contribution is 2.28. The molecule has 2 aromatic heterocycles. The van der Waals surface area contributed by atoms with Crippen LogP contribution in [0.15, 0.2) is 27.8 Å². The normalized spacial score (nSPS) is 15.0. The van der Waals surface area contributed by atoms with Gasteiger partial charge in [0.1, 0.15) is 0 Å². The largest absolute Gasteiger partial charge is 0.493 e. The molecule has 3 heterocycles. The number of nitrogens with one attached hydrogen (secondary N) is 1. The zero-order valence-electron chi connectivity index (χ0n) is 17.6. The van der Waals surface area contributed by atoms with Gasteiger partial charge in [0.25, 0.3) is 5.56 Å². The number of nitrogens with zero attached hydrogens (tertiary/aromatic N) is 5. The lowest BCUT2D eigenvalue weighted by Gasteiger charge is -2.34. The number of H-pyrrole nitrogens is 1. The molecule has 0 unspecified atom stereocenters. The highest BCUT2D eigenvalue weighted by Gasteiger charge is 2.22. The van der Waals surface area contributed by atoms with Crippen molar-refractivity contribution in [1.82, 2.24) is 24.0 Å². The van der Waals surface area contributed by atoms with E-state index >= 15 is 0 Å². The van der Waals surface area contributed by atoms with Gasteiger partial charge in [0.05, 0.1) is 14.2 Å². The van der Waals surface area contributed by atoms with Crippen LogP contribution < -0.4 is 25.6 Å². The number of imidazole rings is 1. The summed E-state index contributed by atoms with van der Waals surface area (Å²) in [5.74, 6) is 2.06. The molecular weight excluding hydrogens is 388 g/mol. The molecule has 4 rings (SSSR count). The zero-order valence-corrected chi connectivity index (χ0v) is 17.6. The number of hydrogen-bond donors (Lipinski definition) is 1. The zero-order chi connectivity index (χ0) is 21.4. The number of rotatable bonds is 5. The number of methoxy groups -OCH3 is 2. The first-order chi connectivity index (χ1) is 14.4. The van der Waals surface area contributed by atoms with Crippen LogP contribution >= 0.6 is 0 Å². The summed E-state index contributed by atoms with van der Waals surface area (Å²) in [5.41, 5.74) is 1.14. The molecule has 30 heavy (non-hydrogen) atoms. The van der Waals surface area contributed by atoms with E-state index in [9.17, 15) is 9.59 Å². The fourth-order valence-electron chi connectivity index (χ4n) is 3.82. The second-order valence-corrected chi connectivity index (χ2v) is 7.42. The topological polar surface area (TPSA) is 97.6 Å². The molecule has 0 saturated carbocycles. The number of aryl methyl sites for hydroxylation is 1. The maximum absolute atomic E-state index is 12.4. The molecule has 0 radical (unpaired) electrons. The molecule has 0 amide bonds. The summed E-state index contributed by atoms with van der Waals surface area (Å²) in [7, 11) is 6.35. The van der Waals surface area contributed by atoms with Crippen molar-refractivity contribution < 1.29 is 9.47 Å². The van der Waals surface area contributed by atoms with Crippen LogP contribution in [0.25, 0.3) is 11.2 Å². The molecule has 0 bridgehead atoms. The summed E-state index contributed by atoms with van der Waals surface area (Å²) in [4.78, 5) is 36.6. The Morgan fingerprint density at radius 3 is 2.37 bits per heavy atom. The van der Waals surface area contributed by atoms with Crippen molar-refractivity contribution in [2.45, 2.75) is 6.54 Å². The lowest BCUT2D eigenvalue weighted by atomic mass is 10.1. The van der Waals surface area contributed by atoms with Crippen LogP contribution in [-0.2, 0) is 20.6 Å². The van der Waals surface area contributed by atoms with Crippen LogP contribution in [0.5, 0.6) is 11.5 Å². The van der Waals surface area contributed by atoms with E-state index in [-0.39, 0.29) is 11.2 Å². The number of aromatic nitrogens is 4. The van der Waals surface area contributed by atoms with Crippen molar-refractivity contribution in [2.24, 2.45) is 14.1 Å². The van der Waals surface area contributed by atoms with Crippen molar-refractivity contribution in [2.75, 3.05) is 45.3 Å². The summed E-state index contributed by atoms with van der Waals surface area (Å²) < 4.78 is 13.2. The molecule has 0 aliphatic carbocycles. The van der Waals surface area contributed by atoms with Gasteiger partial charge in [-0.05, 0) is 17.7 Å². The molecule has 160 valence electrons. The predicted octanol–water partition coefficient (Wildman–Crippen LogP) is 0.300. The second-order valence-electron chi connectivity index (χ2n) is 7.42. The molecule has 1 saturated heterocycles. The number of ether oxygens (including phenoxy) is 2. The molecule has 1 aliphatic heterocycles. The van der Waals surface area contributed by atoms with Gasteiger partial charge >= 0.3 is 5.69 Å². The number of piperazine rings is 1. The number of aromatic amines is 1. The molecule has 3 aromatic rings.